The molecule has 4 N–H and O–H groups in total. The van der Waals surface area contributed by atoms with Gasteiger partial charge in [0.05, 0.1) is 24.1 Å². The summed E-state index contributed by atoms with van der Waals surface area (Å²) in [6.45, 7) is -0.171. The predicted molar refractivity (Wildman–Crippen MR) is 46.0 cm³/mol. The molecule has 0 aromatic rings. The lowest BCUT2D eigenvalue weighted by Gasteiger charge is -2.23. The van der Waals surface area contributed by atoms with Crippen molar-refractivity contribution < 1.29 is 20.4 Å². The van der Waals surface area contributed by atoms with Crippen LogP contribution in [0.5, 0.6) is 0 Å². The van der Waals surface area contributed by atoms with Gasteiger partial charge in [0.25, 0.3) is 0 Å². The Kier molecular flexibility index (Phi) is 3.79. The van der Waals surface area contributed by atoms with Gasteiger partial charge >= 0.3 is 0 Å². The maximum Gasteiger partial charge on any atom is 0.107 e. The lowest BCUT2D eigenvalue weighted by molar-refractivity contribution is -0.0606. The number of hydrogen-bond acceptors (Lipinski definition) is 5. The molecule has 0 aromatic carbocycles. The van der Waals surface area contributed by atoms with E-state index in [1.54, 1.807) is 0 Å². The molecule has 1 fully saturated rings. The molecular formula is C7H14O4S. The van der Waals surface area contributed by atoms with Gasteiger partial charge in [0, 0.05) is 0 Å². The Labute approximate surface area is 75.2 Å². The fourth-order valence-electron chi connectivity index (χ4n) is 1.22. The molecule has 4 unspecified atom stereocenters. The molecule has 1 aliphatic rings. The van der Waals surface area contributed by atoms with Crippen LogP contribution in [0.3, 0.4) is 0 Å². The van der Waals surface area contributed by atoms with E-state index in [1.807, 2.05) is 0 Å². The molecule has 1 aliphatic heterocycles. The highest BCUT2D eigenvalue weighted by atomic mass is 32.2. The van der Waals surface area contributed by atoms with Gasteiger partial charge in [-0.1, -0.05) is 0 Å². The molecular weight excluding hydrogens is 180 g/mol. The van der Waals surface area contributed by atoms with Gasteiger partial charge in [-0.3, -0.25) is 0 Å². The van der Waals surface area contributed by atoms with Crippen LogP contribution in [0.4, 0.5) is 0 Å². The highest BCUT2D eigenvalue weighted by Gasteiger charge is 2.33. The van der Waals surface area contributed by atoms with Crippen LogP contribution in [0.2, 0.25) is 0 Å². The summed E-state index contributed by atoms with van der Waals surface area (Å²) < 4.78 is 0. The Balaban J connectivity index is 2.59. The third-order valence-corrected chi connectivity index (χ3v) is 3.38. The molecule has 5 heteroatoms. The normalized spacial score (nSPS) is 44.0. The van der Waals surface area contributed by atoms with Crippen molar-refractivity contribution in [1.29, 1.82) is 0 Å². The summed E-state index contributed by atoms with van der Waals surface area (Å²) in [7, 11) is 0. The monoisotopic (exact) mass is 194 g/mol. The van der Waals surface area contributed by atoms with E-state index in [9.17, 15) is 15.3 Å². The van der Waals surface area contributed by atoms with E-state index in [1.165, 1.54) is 11.8 Å². The van der Waals surface area contributed by atoms with Crippen LogP contribution in [0.1, 0.15) is 6.42 Å². The van der Waals surface area contributed by atoms with Crippen LogP contribution in [0.25, 0.3) is 0 Å². The second kappa shape index (κ2) is 4.43. The fraction of sp³-hybridized carbons (Fsp3) is 1.00. The van der Waals surface area contributed by atoms with Crippen molar-refractivity contribution in [2.75, 3.05) is 12.4 Å². The summed E-state index contributed by atoms with van der Waals surface area (Å²) in [4.78, 5) is 0. The van der Waals surface area contributed by atoms with Gasteiger partial charge in [-0.05, 0) is 12.2 Å². The van der Waals surface area contributed by atoms with Gasteiger partial charge in [-0.2, -0.15) is 11.8 Å². The number of thioether (sulfide) groups is 1. The van der Waals surface area contributed by atoms with E-state index in [4.69, 9.17) is 5.11 Å². The lowest BCUT2D eigenvalue weighted by atomic mass is 10.0. The van der Waals surface area contributed by atoms with E-state index >= 15 is 0 Å². The van der Waals surface area contributed by atoms with E-state index in [0.717, 1.165) is 0 Å². The van der Waals surface area contributed by atoms with Gasteiger partial charge in [-0.25, -0.2) is 0 Å². The van der Waals surface area contributed by atoms with Crippen LogP contribution < -0.4 is 0 Å². The highest BCUT2D eigenvalue weighted by molar-refractivity contribution is 8.00. The minimum absolute atomic E-state index is 0.171. The van der Waals surface area contributed by atoms with Gasteiger partial charge in [-0.15, -0.1) is 0 Å². The van der Waals surface area contributed by atoms with E-state index in [2.05, 4.69) is 0 Å². The molecule has 1 saturated heterocycles. The number of aliphatic hydroxyl groups excluding tert-OH is 4. The summed E-state index contributed by atoms with van der Waals surface area (Å²) in [5.41, 5.74) is 0. The lowest BCUT2D eigenvalue weighted by Crippen LogP contribution is -2.42. The van der Waals surface area contributed by atoms with Gasteiger partial charge in [0.2, 0.25) is 0 Å². The smallest absolute Gasteiger partial charge is 0.107 e. The summed E-state index contributed by atoms with van der Waals surface area (Å²) in [6.07, 6.45) is -2.57. The quantitative estimate of drug-likeness (QED) is 0.411. The molecule has 0 bridgehead atoms. The van der Waals surface area contributed by atoms with Crippen molar-refractivity contribution >= 4 is 11.8 Å². The largest absolute Gasteiger partial charge is 0.395 e. The second-order valence-electron chi connectivity index (χ2n) is 2.93. The molecule has 1 rings (SSSR count). The number of rotatable bonds is 1. The minimum Gasteiger partial charge on any atom is -0.395 e. The van der Waals surface area contributed by atoms with Gasteiger partial charge in [0.15, 0.2) is 0 Å². The van der Waals surface area contributed by atoms with E-state index in [-0.39, 0.29) is 11.9 Å². The molecule has 0 aliphatic carbocycles. The van der Waals surface area contributed by atoms with E-state index < -0.39 is 18.3 Å². The van der Waals surface area contributed by atoms with Crippen LogP contribution in [-0.2, 0) is 0 Å². The summed E-state index contributed by atoms with van der Waals surface area (Å²) in [5, 5.41) is 36.4. The van der Waals surface area contributed by atoms with Crippen molar-refractivity contribution in [3.8, 4) is 0 Å². The Morgan fingerprint density at radius 1 is 1.17 bits per heavy atom. The van der Waals surface area contributed by atoms with Crippen molar-refractivity contribution in [3.63, 3.8) is 0 Å². The maximum absolute atomic E-state index is 9.40. The van der Waals surface area contributed by atoms with Crippen LogP contribution >= 0.6 is 11.8 Å². The highest BCUT2D eigenvalue weighted by Crippen LogP contribution is 2.24. The predicted octanol–water partition coefficient (Wildman–Crippen LogP) is -1.43. The summed E-state index contributed by atoms with van der Waals surface area (Å²) >= 11 is 1.38. The van der Waals surface area contributed by atoms with Crippen molar-refractivity contribution in [2.45, 2.75) is 30.0 Å². The molecule has 0 spiro atoms. The first-order chi connectivity index (χ1) is 5.66. The number of hydrogen-bond donors (Lipinski definition) is 4. The molecule has 4 nitrogen and oxygen atoms in total. The molecule has 12 heavy (non-hydrogen) atoms. The van der Waals surface area contributed by atoms with Crippen LogP contribution in [0, 0.1) is 0 Å². The van der Waals surface area contributed by atoms with Crippen LogP contribution in [0.15, 0.2) is 0 Å². The standard InChI is InChI=1S/C7H14O4S/c8-3-5-7(11)6(10)4(9)1-2-12-5/h4-11H,1-3H2. The van der Waals surface area contributed by atoms with Crippen molar-refractivity contribution in [2.24, 2.45) is 0 Å². The number of aliphatic hydroxyl groups is 4. The third-order valence-electron chi connectivity index (χ3n) is 2.05. The summed E-state index contributed by atoms with van der Waals surface area (Å²) in [5.74, 6) is 0.653. The zero-order valence-corrected chi connectivity index (χ0v) is 7.44. The van der Waals surface area contributed by atoms with Crippen molar-refractivity contribution in [3.05, 3.63) is 0 Å². The molecule has 0 amide bonds. The summed E-state index contributed by atoms with van der Waals surface area (Å²) in [6, 6.07) is 0. The topological polar surface area (TPSA) is 80.9 Å². The van der Waals surface area contributed by atoms with Gasteiger partial charge in [0.1, 0.15) is 6.10 Å². The SMILES string of the molecule is OCC1SCCC(O)C(O)C1O. The second-order valence-corrected chi connectivity index (χ2v) is 4.28. The molecule has 0 aromatic heterocycles. The fourth-order valence-corrected chi connectivity index (χ4v) is 2.36. The first-order valence-corrected chi connectivity index (χ1v) is 4.98. The van der Waals surface area contributed by atoms with Gasteiger partial charge < -0.3 is 20.4 Å². The Bertz CT molecular complexity index is 141. The zero-order chi connectivity index (χ0) is 9.14. The molecule has 1 heterocycles. The molecule has 0 radical (unpaired) electrons. The molecule has 4 atom stereocenters. The Hall–Kier alpha value is 0.190. The molecule has 0 saturated carbocycles. The minimum atomic E-state index is -1.13. The first-order valence-electron chi connectivity index (χ1n) is 3.93. The van der Waals surface area contributed by atoms with Crippen molar-refractivity contribution in [1.82, 2.24) is 0 Å². The van der Waals surface area contributed by atoms with Crippen LogP contribution in [-0.4, -0.2) is 56.3 Å². The maximum atomic E-state index is 9.40. The third kappa shape index (κ3) is 2.11. The van der Waals surface area contributed by atoms with E-state index in [0.29, 0.717) is 12.2 Å². The Morgan fingerprint density at radius 2 is 1.83 bits per heavy atom. The zero-order valence-electron chi connectivity index (χ0n) is 6.63. The Morgan fingerprint density at radius 3 is 2.42 bits per heavy atom. The first kappa shape index (κ1) is 10.3. The average molecular weight is 194 g/mol. The average Bonchev–Trinajstić information content (AvgIpc) is 2.19. The molecule has 72 valence electrons.